The second-order valence-electron chi connectivity index (χ2n) is 8.47. The SMILES string of the molecule is Cn1ncc2cc(N)c(N3CC[C@H](O[Si](C)(C)C(C)(C)C)C3)cc21. The molecule has 0 radical (unpaired) electrons. The van der Waals surface area contributed by atoms with Crippen molar-refractivity contribution in [3.63, 3.8) is 0 Å². The highest BCUT2D eigenvalue weighted by molar-refractivity contribution is 6.74. The number of fused-ring (bicyclic) bond motifs is 1. The number of nitrogen functional groups attached to an aromatic ring is 1. The van der Waals surface area contributed by atoms with Gasteiger partial charge in [-0.2, -0.15) is 5.10 Å². The molecule has 132 valence electrons. The van der Waals surface area contributed by atoms with Gasteiger partial charge in [0.15, 0.2) is 8.32 Å². The van der Waals surface area contributed by atoms with Crippen molar-refractivity contribution in [1.82, 2.24) is 9.78 Å². The summed E-state index contributed by atoms with van der Waals surface area (Å²) in [5.74, 6) is 0. The van der Waals surface area contributed by atoms with Crippen molar-refractivity contribution in [2.24, 2.45) is 7.05 Å². The monoisotopic (exact) mass is 346 g/mol. The highest BCUT2D eigenvalue weighted by Gasteiger charge is 2.40. The van der Waals surface area contributed by atoms with Gasteiger partial charge in [-0.25, -0.2) is 0 Å². The van der Waals surface area contributed by atoms with Crippen molar-refractivity contribution < 1.29 is 4.43 Å². The average Bonchev–Trinajstić information content (AvgIpc) is 3.04. The minimum atomic E-state index is -1.73. The summed E-state index contributed by atoms with van der Waals surface area (Å²) in [6, 6.07) is 4.19. The molecule has 2 aromatic rings. The van der Waals surface area contributed by atoms with E-state index in [0.717, 1.165) is 41.8 Å². The van der Waals surface area contributed by atoms with Gasteiger partial charge in [0.2, 0.25) is 0 Å². The molecule has 0 spiro atoms. The van der Waals surface area contributed by atoms with Gasteiger partial charge in [0, 0.05) is 25.5 Å². The van der Waals surface area contributed by atoms with E-state index < -0.39 is 8.32 Å². The standard InChI is InChI=1S/C18H30N4OSi/c1-18(2,3)24(5,6)23-14-7-8-22(12-14)17-10-16-13(9-15(17)19)11-20-21(16)4/h9-11,14H,7-8,12,19H2,1-6H3/t14-/m0/s1. The minimum Gasteiger partial charge on any atom is -0.412 e. The Morgan fingerprint density at radius 1 is 1.29 bits per heavy atom. The number of hydrogen-bond acceptors (Lipinski definition) is 4. The number of rotatable bonds is 3. The molecule has 1 aliphatic rings. The van der Waals surface area contributed by atoms with E-state index in [1.807, 2.05) is 24.0 Å². The Hall–Kier alpha value is -1.53. The third-order valence-corrected chi connectivity index (χ3v) is 10.2. The summed E-state index contributed by atoms with van der Waals surface area (Å²) in [4.78, 5) is 2.36. The largest absolute Gasteiger partial charge is 0.412 e. The summed E-state index contributed by atoms with van der Waals surface area (Å²) in [7, 11) is 0.240. The molecule has 0 bridgehead atoms. The van der Waals surface area contributed by atoms with Crippen molar-refractivity contribution >= 4 is 30.6 Å². The molecule has 24 heavy (non-hydrogen) atoms. The first-order valence-electron chi connectivity index (χ1n) is 8.72. The van der Waals surface area contributed by atoms with E-state index >= 15 is 0 Å². The molecule has 1 aromatic carbocycles. The number of nitrogens with two attached hydrogens (primary N) is 1. The van der Waals surface area contributed by atoms with E-state index in [9.17, 15) is 0 Å². The summed E-state index contributed by atoms with van der Waals surface area (Å²) in [6.45, 7) is 13.4. The van der Waals surface area contributed by atoms with E-state index in [2.05, 4.69) is 49.9 Å². The Labute approximate surface area is 145 Å². The topological polar surface area (TPSA) is 56.3 Å². The number of hydrogen-bond donors (Lipinski definition) is 1. The second-order valence-corrected chi connectivity index (χ2v) is 13.2. The fourth-order valence-corrected chi connectivity index (χ4v) is 4.50. The molecule has 0 saturated carbocycles. The Morgan fingerprint density at radius 2 is 2.00 bits per heavy atom. The van der Waals surface area contributed by atoms with Crippen molar-refractivity contribution in [1.29, 1.82) is 0 Å². The Kier molecular flexibility index (Phi) is 4.16. The lowest BCUT2D eigenvalue weighted by Gasteiger charge is -2.38. The van der Waals surface area contributed by atoms with Crippen molar-refractivity contribution in [3.8, 4) is 0 Å². The molecule has 1 saturated heterocycles. The van der Waals surface area contributed by atoms with Crippen LogP contribution < -0.4 is 10.6 Å². The Balaban J connectivity index is 1.79. The molecule has 1 aromatic heterocycles. The number of aromatic nitrogens is 2. The first-order valence-corrected chi connectivity index (χ1v) is 11.6. The maximum Gasteiger partial charge on any atom is 0.192 e. The second kappa shape index (κ2) is 5.77. The molecule has 2 heterocycles. The van der Waals surface area contributed by atoms with Gasteiger partial charge in [0.25, 0.3) is 0 Å². The molecule has 1 fully saturated rings. The van der Waals surface area contributed by atoms with Gasteiger partial charge in [0.1, 0.15) is 0 Å². The maximum absolute atomic E-state index is 6.59. The van der Waals surface area contributed by atoms with Gasteiger partial charge in [-0.15, -0.1) is 0 Å². The predicted octanol–water partition coefficient (Wildman–Crippen LogP) is 3.76. The molecular formula is C18H30N4OSi. The van der Waals surface area contributed by atoms with Crippen LogP contribution in [0.3, 0.4) is 0 Å². The van der Waals surface area contributed by atoms with Crippen LogP contribution in [-0.4, -0.2) is 37.3 Å². The van der Waals surface area contributed by atoms with Gasteiger partial charge in [-0.1, -0.05) is 20.8 Å². The number of nitrogens with zero attached hydrogens (tertiary/aromatic N) is 3. The summed E-state index contributed by atoms with van der Waals surface area (Å²) >= 11 is 0. The van der Waals surface area contributed by atoms with E-state index in [4.69, 9.17) is 10.2 Å². The van der Waals surface area contributed by atoms with Crippen LogP contribution in [0.15, 0.2) is 18.3 Å². The lowest BCUT2D eigenvalue weighted by molar-refractivity contribution is 0.202. The first-order chi connectivity index (χ1) is 11.1. The lowest BCUT2D eigenvalue weighted by Crippen LogP contribution is -2.44. The molecule has 6 heteroatoms. The summed E-state index contributed by atoms with van der Waals surface area (Å²) < 4.78 is 8.49. The van der Waals surface area contributed by atoms with Crippen molar-refractivity contribution in [3.05, 3.63) is 18.3 Å². The Bertz CT molecular complexity index is 747. The predicted molar refractivity (Wildman–Crippen MR) is 104 cm³/mol. The lowest BCUT2D eigenvalue weighted by atomic mass is 10.2. The number of anilines is 2. The van der Waals surface area contributed by atoms with E-state index in [0.29, 0.717) is 6.10 Å². The van der Waals surface area contributed by atoms with E-state index in [1.165, 1.54) is 0 Å². The van der Waals surface area contributed by atoms with Gasteiger partial charge in [-0.3, -0.25) is 4.68 Å². The molecule has 3 rings (SSSR count). The van der Waals surface area contributed by atoms with Crippen LogP contribution in [0.25, 0.3) is 10.9 Å². The number of benzene rings is 1. The van der Waals surface area contributed by atoms with E-state index in [-0.39, 0.29) is 5.04 Å². The zero-order valence-electron chi connectivity index (χ0n) is 15.8. The molecule has 5 nitrogen and oxygen atoms in total. The van der Waals surface area contributed by atoms with Gasteiger partial charge in [0.05, 0.1) is 29.2 Å². The molecular weight excluding hydrogens is 316 g/mol. The summed E-state index contributed by atoms with van der Waals surface area (Å²) in [6.07, 6.45) is 3.23. The Morgan fingerprint density at radius 3 is 2.67 bits per heavy atom. The third-order valence-electron chi connectivity index (χ3n) is 5.65. The van der Waals surface area contributed by atoms with Crippen LogP contribution in [0.2, 0.25) is 18.1 Å². The molecule has 0 aliphatic carbocycles. The normalized spacial score (nSPS) is 19.4. The fraction of sp³-hybridized carbons (Fsp3) is 0.611. The molecule has 2 N–H and O–H groups in total. The van der Waals surface area contributed by atoms with Crippen LogP contribution in [0.1, 0.15) is 27.2 Å². The quantitative estimate of drug-likeness (QED) is 0.679. The zero-order chi connectivity index (χ0) is 17.7. The average molecular weight is 347 g/mol. The number of aryl methyl sites for hydroxylation is 1. The summed E-state index contributed by atoms with van der Waals surface area (Å²) in [5.41, 5.74) is 9.35. The van der Waals surface area contributed by atoms with Gasteiger partial charge >= 0.3 is 0 Å². The molecule has 1 atom stereocenters. The molecule has 1 aliphatic heterocycles. The van der Waals surface area contributed by atoms with Gasteiger partial charge < -0.3 is 15.1 Å². The molecule has 0 unspecified atom stereocenters. The van der Waals surface area contributed by atoms with Gasteiger partial charge in [-0.05, 0) is 36.7 Å². The van der Waals surface area contributed by atoms with Crippen LogP contribution in [0, 0.1) is 0 Å². The highest BCUT2D eigenvalue weighted by Crippen LogP contribution is 2.39. The van der Waals surface area contributed by atoms with Crippen LogP contribution in [0.4, 0.5) is 11.4 Å². The van der Waals surface area contributed by atoms with Crippen LogP contribution in [0.5, 0.6) is 0 Å². The highest BCUT2D eigenvalue weighted by atomic mass is 28.4. The van der Waals surface area contributed by atoms with Crippen LogP contribution in [-0.2, 0) is 11.5 Å². The third kappa shape index (κ3) is 3.05. The molecule has 0 amide bonds. The maximum atomic E-state index is 6.59. The summed E-state index contributed by atoms with van der Waals surface area (Å²) in [5, 5.41) is 5.65. The minimum absolute atomic E-state index is 0.243. The first kappa shape index (κ1) is 17.3. The van der Waals surface area contributed by atoms with Crippen LogP contribution >= 0.6 is 0 Å². The van der Waals surface area contributed by atoms with Crippen molar-refractivity contribution in [2.45, 2.75) is 51.4 Å². The smallest absolute Gasteiger partial charge is 0.192 e. The van der Waals surface area contributed by atoms with Crippen molar-refractivity contribution in [2.75, 3.05) is 23.7 Å². The van der Waals surface area contributed by atoms with E-state index in [1.54, 1.807) is 0 Å². The fourth-order valence-electron chi connectivity index (χ4n) is 3.12. The zero-order valence-corrected chi connectivity index (χ0v) is 16.8.